The second kappa shape index (κ2) is 4.66. The van der Waals surface area contributed by atoms with E-state index in [1.165, 1.54) is 11.5 Å². The molecule has 1 unspecified atom stereocenters. The SMILES string of the molecule is C#CC(COC)NC1CSC1. The Morgan fingerprint density at radius 2 is 2.55 bits per heavy atom. The summed E-state index contributed by atoms with van der Waals surface area (Å²) in [6.45, 7) is 0.609. The second-order valence-corrected chi connectivity index (χ2v) is 3.65. The Morgan fingerprint density at radius 3 is 2.91 bits per heavy atom. The molecule has 0 aromatic carbocycles. The van der Waals surface area contributed by atoms with E-state index < -0.39 is 0 Å². The van der Waals surface area contributed by atoms with Gasteiger partial charge in [0.15, 0.2) is 0 Å². The Kier molecular flexibility index (Phi) is 3.78. The van der Waals surface area contributed by atoms with Crippen LogP contribution in [0.25, 0.3) is 0 Å². The summed E-state index contributed by atoms with van der Waals surface area (Å²) in [5, 5.41) is 3.32. The van der Waals surface area contributed by atoms with Crippen molar-refractivity contribution in [2.24, 2.45) is 0 Å². The van der Waals surface area contributed by atoms with E-state index in [1.807, 2.05) is 11.8 Å². The molecule has 0 amide bonds. The van der Waals surface area contributed by atoms with Gasteiger partial charge in [-0.15, -0.1) is 6.42 Å². The van der Waals surface area contributed by atoms with Gasteiger partial charge in [-0.05, 0) is 0 Å². The molecular weight excluding hydrogens is 158 g/mol. The fourth-order valence-corrected chi connectivity index (χ4v) is 1.59. The highest BCUT2D eigenvalue weighted by molar-refractivity contribution is 8.00. The van der Waals surface area contributed by atoms with Crippen LogP contribution in [-0.4, -0.2) is 37.3 Å². The molecule has 1 saturated heterocycles. The van der Waals surface area contributed by atoms with Crippen LogP contribution in [0.15, 0.2) is 0 Å². The van der Waals surface area contributed by atoms with Gasteiger partial charge in [0.1, 0.15) is 0 Å². The Bertz CT molecular complexity index is 151. The van der Waals surface area contributed by atoms with E-state index in [4.69, 9.17) is 11.2 Å². The molecule has 1 aliphatic rings. The Hall–Kier alpha value is -0.170. The lowest BCUT2D eigenvalue weighted by atomic mass is 10.2. The normalized spacial score (nSPS) is 20.4. The van der Waals surface area contributed by atoms with Crippen LogP contribution in [-0.2, 0) is 4.74 Å². The molecule has 1 aliphatic heterocycles. The lowest BCUT2D eigenvalue weighted by Crippen LogP contribution is -2.47. The molecule has 62 valence electrons. The van der Waals surface area contributed by atoms with Crippen LogP contribution in [0.4, 0.5) is 0 Å². The first-order valence-electron chi connectivity index (χ1n) is 3.65. The topological polar surface area (TPSA) is 21.3 Å². The first-order chi connectivity index (χ1) is 5.36. The van der Waals surface area contributed by atoms with Crippen LogP contribution in [0.2, 0.25) is 0 Å². The molecule has 0 aromatic rings. The minimum absolute atomic E-state index is 0.0888. The van der Waals surface area contributed by atoms with Crippen LogP contribution < -0.4 is 5.32 Å². The number of nitrogens with one attached hydrogen (secondary N) is 1. The maximum Gasteiger partial charge on any atom is 0.0926 e. The van der Waals surface area contributed by atoms with E-state index in [2.05, 4.69) is 11.2 Å². The zero-order valence-corrected chi connectivity index (χ0v) is 7.49. The Morgan fingerprint density at radius 1 is 1.82 bits per heavy atom. The fourth-order valence-electron chi connectivity index (χ4n) is 0.927. The van der Waals surface area contributed by atoms with Crippen LogP contribution in [0.1, 0.15) is 0 Å². The summed E-state index contributed by atoms with van der Waals surface area (Å²) in [5.74, 6) is 5.02. The van der Waals surface area contributed by atoms with Crippen LogP contribution in [0, 0.1) is 12.3 Å². The van der Waals surface area contributed by atoms with Gasteiger partial charge in [-0.2, -0.15) is 11.8 Å². The number of thioether (sulfide) groups is 1. The van der Waals surface area contributed by atoms with E-state index in [0.717, 1.165) is 0 Å². The highest BCUT2D eigenvalue weighted by Gasteiger charge is 2.20. The predicted octanol–water partition coefficient (Wildman–Crippen LogP) is 0.340. The van der Waals surface area contributed by atoms with Gasteiger partial charge in [0.2, 0.25) is 0 Å². The van der Waals surface area contributed by atoms with Gasteiger partial charge in [-0.1, -0.05) is 5.92 Å². The summed E-state index contributed by atoms with van der Waals surface area (Å²) >= 11 is 1.94. The monoisotopic (exact) mass is 171 g/mol. The second-order valence-electron chi connectivity index (χ2n) is 2.58. The lowest BCUT2D eigenvalue weighted by molar-refractivity contribution is 0.180. The molecule has 0 saturated carbocycles. The van der Waals surface area contributed by atoms with Crippen molar-refractivity contribution < 1.29 is 4.74 Å². The van der Waals surface area contributed by atoms with Gasteiger partial charge in [-0.25, -0.2) is 0 Å². The fraction of sp³-hybridized carbons (Fsp3) is 0.750. The van der Waals surface area contributed by atoms with E-state index in [9.17, 15) is 0 Å². The Balaban J connectivity index is 2.15. The van der Waals surface area contributed by atoms with E-state index >= 15 is 0 Å². The predicted molar refractivity (Wildman–Crippen MR) is 48.7 cm³/mol. The van der Waals surface area contributed by atoms with Crippen molar-refractivity contribution in [2.45, 2.75) is 12.1 Å². The number of ether oxygens (including phenoxy) is 1. The average molecular weight is 171 g/mol. The quantitative estimate of drug-likeness (QED) is 0.616. The number of terminal acetylenes is 1. The third-order valence-electron chi connectivity index (χ3n) is 1.61. The van der Waals surface area contributed by atoms with Crippen LogP contribution in [0.5, 0.6) is 0 Å². The minimum Gasteiger partial charge on any atom is -0.382 e. The van der Waals surface area contributed by atoms with Crippen molar-refractivity contribution >= 4 is 11.8 Å². The molecular formula is C8H13NOS. The molecule has 1 rings (SSSR count). The lowest BCUT2D eigenvalue weighted by Gasteiger charge is -2.28. The molecule has 3 heteroatoms. The summed E-state index contributed by atoms with van der Waals surface area (Å²) in [7, 11) is 1.67. The van der Waals surface area contributed by atoms with Crippen molar-refractivity contribution in [3.63, 3.8) is 0 Å². The summed E-state index contributed by atoms with van der Waals surface area (Å²) in [6, 6.07) is 0.696. The zero-order chi connectivity index (χ0) is 8.10. The molecule has 1 atom stereocenters. The van der Waals surface area contributed by atoms with Crippen molar-refractivity contribution in [3.8, 4) is 12.3 Å². The first-order valence-corrected chi connectivity index (χ1v) is 4.81. The highest BCUT2D eigenvalue weighted by Crippen LogP contribution is 2.17. The van der Waals surface area contributed by atoms with E-state index in [0.29, 0.717) is 12.6 Å². The van der Waals surface area contributed by atoms with Gasteiger partial charge < -0.3 is 4.74 Å². The minimum atomic E-state index is 0.0888. The zero-order valence-electron chi connectivity index (χ0n) is 6.67. The van der Waals surface area contributed by atoms with E-state index in [-0.39, 0.29) is 6.04 Å². The summed E-state index contributed by atoms with van der Waals surface area (Å²) in [4.78, 5) is 0. The third kappa shape index (κ3) is 2.74. The molecule has 1 heterocycles. The molecule has 2 nitrogen and oxygen atoms in total. The molecule has 11 heavy (non-hydrogen) atoms. The molecule has 1 fully saturated rings. The Labute approximate surface area is 72.1 Å². The van der Waals surface area contributed by atoms with E-state index in [1.54, 1.807) is 7.11 Å². The average Bonchev–Trinajstić information content (AvgIpc) is 1.94. The van der Waals surface area contributed by atoms with Crippen molar-refractivity contribution in [1.82, 2.24) is 5.32 Å². The van der Waals surface area contributed by atoms with Crippen LogP contribution >= 0.6 is 11.8 Å². The number of rotatable bonds is 4. The standard InChI is InChI=1S/C8H13NOS/c1-3-7(4-10-2)9-8-5-11-6-8/h1,7-9H,4-6H2,2H3. The largest absolute Gasteiger partial charge is 0.382 e. The van der Waals surface area contributed by atoms with Gasteiger partial charge in [0.25, 0.3) is 0 Å². The van der Waals surface area contributed by atoms with Crippen molar-refractivity contribution in [2.75, 3.05) is 25.2 Å². The van der Waals surface area contributed by atoms with Gasteiger partial charge in [0.05, 0.1) is 12.6 Å². The molecule has 1 N–H and O–H groups in total. The molecule has 0 radical (unpaired) electrons. The smallest absolute Gasteiger partial charge is 0.0926 e. The summed E-state index contributed by atoms with van der Waals surface area (Å²) in [6.07, 6.45) is 5.29. The number of hydrogen-bond acceptors (Lipinski definition) is 3. The van der Waals surface area contributed by atoms with Gasteiger partial charge in [-0.3, -0.25) is 5.32 Å². The molecule has 0 aliphatic carbocycles. The highest BCUT2D eigenvalue weighted by atomic mass is 32.2. The van der Waals surface area contributed by atoms with Crippen molar-refractivity contribution in [1.29, 1.82) is 0 Å². The summed E-state index contributed by atoms with van der Waals surface area (Å²) < 4.78 is 4.95. The molecule has 0 spiro atoms. The van der Waals surface area contributed by atoms with Gasteiger partial charge in [0, 0.05) is 24.7 Å². The van der Waals surface area contributed by atoms with Crippen LogP contribution in [0.3, 0.4) is 0 Å². The molecule has 0 bridgehead atoms. The van der Waals surface area contributed by atoms with Gasteiger partial charge >= 0.3 is 0 Å². The molecule has 0 aromatic heterocycles. The maximum atomic E-state index is 5.29. The summed E-state index contributed by atoms with van der Waals surface area (Å²) in [5.41, 5.74) is 0. The van der Waals surface area contributed by atoms with Crippen molar-refractivity contribution in [3.05, 3.63) is 0 Å². The first kappa shape index (κ1) is 8.92. The number of methoxy groups -OCH3 is 1. The maximum absolute atomic E-state index is 5.29. The number of hydrogen-bond donors (Lipinski definition) is 1. The third-order valence-corrected chi connectivity index (χ3v) is 2.89.